The molecule has 0 saturated heterocycles. The molecule has 0 saturated carbocycles. The van der Waals surface area contributed by atoms with Crippen molar-refractivity contribution in [3.63, 3.8) is 0 Å². The Morgan fingerprint density at radius 1 is 0.900 bits per heavy atom. The van der Waals surface area contributed by atoms with Crippen LogP contribution in [0.25, 0.3) is 27.2 Å². The number of nitrogen functional groups attached to an aromatic ring is 1. The highest BCUT2D eigenvalue weighted by Crippen LogP contribution is 2.40. The zero-order chi connectivity index (χ0) is 20.5. The highest BCUT2D eigenvalue weighted by atomic mass is 14.8. The van der Waals surface area contributed by atoms with Crippen LogP contribution in [0.3, 0.4) is 0 Å². The fraction of sp³-hybridized carbons (Fsp3) is 0.185. The molecule has 0 unspecified atom stereocenters. The van der Waals surface area contributed by atoms with Gasteiger partial charge in [-0.15, -0.1) is 0 Å². The number of anilines is 1. The molecule has 0 aliphatic heterocycles. The van der Waals surface area contributed by atoms with Gasteiger partial charge in [-0.05, 0) is 83.8 Å². The molecule has 2 aliphatic rings. The predicted octanol–water partition coefficient (Wildman–Crippen LogP) is 6.41. The lowest BCUT2D eigenvalue weighted by Crippen LogP contribution is -2.07. The molecule has 2 N–H and O–H groups in total. The third-order valence-corrected chi connectivity index (χ3v) is 6.15. The molecule has 4 aromatic rings. The number of nitrogens with two attached hydrogens (primary N) is 1. The molecule has 2 heterocycles. The van der Waals surface area contributed by atoms with E-state index in [2.05, 4.69) is 59.4 Å². The van der Waals surface area contributed by atoms with Crippen molar-refractivity contribution < 1.29 is 0 Å². The summed E-state index contributed by atoms with van der Waals surface area (Å²) in [5, 5.41) is 3.90. The zero-order valence-electron chi connectivity index (χ0n) is 17.2. The Bertz CT molecular complexity index is 1310. The second kappa shape index (κ2) is 7.75. The number of allylic oxidation sites excluding steroid dienone is 4. The van der Waals surface area contributed by atoms with E-state index in [-0.39, 0.29) is 0 Å². The molecule has 6 rings (SSSR count). The van der Waals surface area contributed by atoms with E-state index >= 15 is 0 Å². The number of nitrogens with zero attached hydrogens (tertiary/aromatic N) is 2. The van der Waals surface area contributed by atoms with Crippen molar-refractivity contribution in [3.8, 4) is 0 Å². The second-order valence-electron chi connectivity index (χ2n) is 8.02. The molecule has 0 atom stereocenters. The van der Waals surface area contributed by atoms with Crippen molar-refractivity contribution in [2.45, 2.75) is 32.6 Å². The van der Waals surface area contributed by atoms with Crippen LogP contribution in [-0.2, 0) is 6.42 Å². The topological polar surface area (TPSA) is 51.8 Å². The Labute approximate surface area is 177 Å². The maximum Gasteiger partial charge on any atom is 0.124 e. The van der Waals surface area contributed by atoms with Gasteiger partial charge in [0.1, 0.15) is 5.82 Å². The number of rotatable bonds is 0. The molecule has 0 fully saturated rings. The first-order chi connectivity index (χ1) is 14.7. The maximum atomic E-state index is 5.49. The summed E-state index contributed by atoms with van der Waals surface area (Å²) >= 11 is 0. The van der Waals surface area contributed by atoms with Crippen LogP contribution in [0.5, 0.6) is 0 Å². The monoisotopic (exact) mass is 391 g/mol. The fourth-order valence-corrected chi connectivity index (χ4v) is 4.61. The third-order valence-electron chi connectivity index (χ3n) is 6.15. The lowest BCUT2D eigenvalue weighted by atomic mass is 9.79. The van der Waals surface area contributed by atoms with Crippen molar-refractivity contribution in [1.82, 2.24) is 9.97 Å². The molecule has 148 valence electrons. The largest absolute Gasteiger partial charge is 0.384 e. The molecule has 2 aromatic heterocycles. The average Bonchev–Trinajstić information content (AvgIpc) is 2.79. The van der Waals surface area contributed by atoms with E-state index in [4.69, 9.17) is 5.73 Å². The first-order valence-electron chi connectivity index (χ1n) is 10.6. The highest BCUT2D eigenvalue weighted by molar-refractivity contribution is 5.95. The van der Waals surface area contributed by atoms with Gasteiger partial charge in [-0.1, -0.05) is 48.1 Å². The average molecular weight is 392 g/mol. The molecule has 2 aromatic carbocycles. The lowest BCUT2D eigenvalue weighted by molar-refractivity contribution is 0.831. The van der Waals surface area contributed by atoms with Crippen molar-refractivity contribution in [1.29, 1.82) is 0 Å². The van der Waals surface area contributed by atoms with E-state index in [1.54, 1.807) is 29.6 Å². The number of fused-ring (bicyclic) bond motifs is 5. The Morgan fingerprint density at radius 2 is 1.83 bits per heavy atom. The lowest BCUT2D eigenvalue weighted by Gasteiger charge is -2.25. The Morgan fingerprint density at radius 3 is 2.77 bits per heavy atom. The maximum absolute atomic E-state index is 5.49. The summed E-state index contributed by atoms with van der Waals surface area (Å²) in [6, 6.07) is 16.9. The number of hydrogen-bond acceptors (Lipinski definition) is 3. The summed E-state index contributed by atoms with van der Waals surface area (Å²) in [6.07, 6.45) is 13.1. The normalized spacial score (nSPS) is 14.8. The number of pyridine rings is 2. The molecule has 0 amide bonds. The molecule has 2 aliphatic carbocycles. The summed E-state index contributed by atoms with van der Waals surface area (Å²) in [6.45, 7) is 2.21. The van der Waals surface area contributed by atoms with Gasteiger partial charge in [0.2, 0.25) is 0 Å². The Kier molecular flexibility index (Phi) is 4.80. The summed E-state index contributed by atoms with van der Waals surface area (Å²) < 4.78 is 0. The van der Waals surface area contributed by atoms with Crippen molar-refractivity contribution >= 4 is 33.1 Å². The van der Waals surface area contributed by atoms with Gasteiger partial charge in [0, 0.05) is 17.8 Å². The van der Waals surface area contributed by atoms with Gasteiger partial charge in [0.25, 0.3) is 0 Å². The van der Waals surface area contributed by atoms with E-state index in [1.807, 2.05) is 12.1 Å². The predicted molar refractivity (Wildman–Crippen MR) is 126 cm³/mol. The quantitative estimate of drug-likeness (QED) is 0.377. The van der Waals surface area contributed by atoms with Crippen LogP contribution in [-0.4, -0.2) is 9.97 Å². The minimum Gasteiger partial charge on any atom is -0.384 e. The van der Waals surface area contributed by atoms with Crippen molar-refractivity contribution in [2.24, 2.45) is 0 Å². The van der Waals surface area contributed by atoms with Gasteiger partial charge in [0.15, 0.2) is 0 Å². The van der Waals surface area contributed by atoms with Gasteiger partial charge < -0.3 is 5.73 Å². The van der Waals surface area contributed by atoms with Gasteiger partial charge >= 0.3 is 0 Å². The Balaban J connectivity index is 0.000000149. The first kappa shape index (κ1) is 18.6. The molecule has 0 radical (unpaired) electrons. The fourth-order valence-electron chi connectivity index (χ4n) is 4.61. The Hall–Kier alpha value is -3.46. The van der Waals surface area contributed by atoms with Gasteiger partial charge in [0.05, 0.1) is 5.52 Å². The van der Waals surface area contributed by atoms with Gasteiger partial charge in [-0.25, -0.2) is 4.98 Å². The third kappa shape index (κ3) is 3.37. The van der Waals surface area contributed by atoms with Crippen molar-refractivity contribution in [2.75, 3.05) is 5.73 Å². The molecule has 0 bridgehead atoms. The molecule has 3 heteroatoms. The minimum absolute atomic E-state index is 0.545. The minimum atomic E-state index is 0.545. The molecule has 0 spiro atoms. The van der Waals surface area contributed by atoms with Crippen molar-refractivity contribution in [3.05, 3.63) is 95.3 Å². The molecule has 3 nitrogen and oxygen atoms in total. The summed E-state index contributed by atoms with van der Waals surface area (Å²) in [5.41, 5.74) is 14.0. The summed E-state index contributed by atoms with van der Waals surface area (Å²) in [5.74, 6) is 0.545. The van der Waals surface area contributed by atoms with Crippen LogP contribution in [0.4, 0.5) is 5.82 Å². The zero-order valence-corrected chi connectivity index (χ0v) is 17.2. The van der Waals surface area contributed by atoms with Gasteiger partial charge in [-0.2, -0.15) is 0 Å². The molecule has 30 heavy (non-hydrogen) atoms. The second-order valence-corrected chi connectivity index (χ2v) is 8.02. The van der Waals surface area contributed by atoms with E-state index in [0.29, 0.717) is 5.82 Å². The highest BCUT2D eigenvalue weighted by Gasteiger charge is 2.20. The van der Waals surface area contributed by atoms with Crippen LogP contribution in [0, 0.1) is 6.92 Å². The van der Waals surface area contributed by atoms with E-state index in [9.17, 15) is 0 Å². The van der Waals surface area contributed by atoms with Crippen LogP contribution in [0.1, 0.15) is 36.0 Å². The SMILES string of the molecule is Cc1cccc2c3c(ccc12)C1=C(CCC=C1)CC3.Nc1ccc2cnccc2n1. The molecular formula is C27H25N3. The number of benzene rings is 2. The van der Waals surface area contributed by atoms with E-state index in [0.717, 1.165) is 10.9 Å². The summed E-state index contributed by atoms with van der Waals surface area (Å²) in [7, 11) is 0. The van der Waals surface area contributed by atoms with E-state index in [1.165, 1.54) is 53.2 Å². The number of aryl methyl sites for hydroxylation is 2. The number of hydrogen-bond donors (Lipinski definition) is 1. The summed E-state index contributed by atoms with van der Waals surface area (Å²) in [4.78, 5) is 8.08. The first-order valence-corrected chi connectivity index (χ1v) is 10.6. The smallest absolute Gasteiger partial charge is 0.124 e. The van der Waals surface area contributed by atoms with Crippen LogP contribution >= 0.6 is 0 Å². The van der Waals surface area contributed by atoms with Crippen LogP contribution in [0.2, 0.25) is 0 Å². The number of aromatic nitrogens is 2. The molecular weight excluding hydrogens is 366 g/mol. The van der Waals surface area contributed by atoms with Gasteiger partial charge in [-0.3, -0.25) is 4.98 Å². The standard InChI is InChI=1S/C19H18.C8H7N3/c1-13-5-4-8-17-15(13)11-12-18-16-7-3-2-6-14(16)9-10-19(17)18;9-8-2-1-6-5-10-4-3-7(6)11-8/h3-5,7-8,11-12H,2,6,9-10H2,1H3;1-5H,(H2,9,11). The van der Waals surface area contributed by atoms with Crippen LogP contribution in [0.15, 0.2) is 78.6 Å². The van der Waals surface area contributed by atoms with E-state index < -0.39 is 0 Å². The van der Waals surface area contributed by atoms with Crippen LogP contribution < -0.4 is 5.73 Å².